The fourth-order valence-corrected chi connectivity index (χ4v) is 8.26. The molecule has 0 bridgehead atoms. The summed E-state index contributed by atoms with van der Waals surface area (Å²) >= 11 is 9.11. The van der Waals surface area contributed by atoms with Crippen LogP contribution < -0.4 is 11.2 Å². The first-order chi connectivity index (χ1) is 22.6. The first-order valence-corrected chi connectivity index (χ1v) is 16.2. The van der Waals surface area contributed by atoms with E-state index in [0.717, 1.165) is 10.3 Å². The highest BCUT2D eigenvalue weighted by Crippen LogP contribution is 2.49. The molecule has 18 heteroatoms. The number of aliphatic carboxylic acids is 1. The van der Waals surface area contributed by atoms with Crippen molar-refractivity contribution in [1.82, 2.24) is 23.6 Å². The lowest BCUT2D eigenvalue weighted by Crippen LogP contribution is -2.39. The van der Waals surface area contributed by atoms with Gasteiger partial charge in [0.1, 0.15) is 16.0 Å². The van der Waals surface area contributed by atoms with Crippen molar-refractivity contribution < 1.29 is 37.1 Å². The smallest absolute Gasteiger partial charge is 0.475 e. The Kier molecular flexibility index (Phi) is 8.41. The number of hydrogen-bond acceptors (Lipinski definition) is 9. The number of carboxylic acids is 1. The number of benzene rings is 1. The molecule has 0 radical (unpaired) electrons. The second kappa shape index (κ2) is 12.1. The number of nitrogens with zero attached hydrogens (tertiary/aromatic N) is 5. The fourth-order valence-electron chi connectivity index (χ4n) is 5.77. The quantitative estimate of drug-likeness (QED) is 0.257. The zero-order valence-electron chi connectivity index (χ0n) is 25.1. The average Bonchev–Trinajstić information content (AvgIpc) is 3.80. The maximum Gasteiger partial charge on any atom is 0.490 e. The third-order valence-corrected chi connectivity index (χ3v) is 10.4. The van der Waals surface area contributed by atoms with Gasteiger partial charge in [0.15, 0.2) is 5.22 Å². The van der Waals surface area contributed by atoms with E-state index in [9.17, 15) is 32.3 Å². The number of rotatable bonds is 4. The lowest BCUT2D eigenvalue weighted by molar-refractivity contribution is -0.192. The number of imide groups is 1. The highest BCUT2D eigenvalue weighted by Gasteiger charge is 2.42. The predicted molar refractivity (Wildman–Crippen MR) is 171 cm³/mol. The van der Waals surface area contributed by atoms with Gasteiger partial charge in [0, 0.05) is 43.5 Å². The number of carbonyl (C=O) groups excluding carboxylic acids is 2. The fraction of sp³-hybridized carbons (Fsp3) is 0.267. The van der Waals surface area contributed by atoms with Gasteiger partial charge in [-0.15, -0.1) is 23.1 Å². The number of fused-ring (bicyclic) bond motifs is 4. The summed E-state index contributed by atoms with van der Waals surface area (Å²) in [5.41, 5.74) is 2.49. The monoisotopic (exact) mass is 721 g/mol. The van der Waals surface area contributed by atoms with Crippen LogP contribution in [0.3, 0.4) is 0 Å². The second-order valence-electron chi connectivity index (χ2n) is 10.9. The number of thioether (sulfide) groups is 1. The van der Waals surface area contributed by atoms with Crippen molar-refractivity contribution in [3.63, 3.8) is 0 Å². The van der Waals surface area contributed by atoms with Crippen LogP contribution >= 0.6 is 34.7 Å². The Morgan fingerprint density at radius 3 is 2.21 bits per heavy atom. The molecule has 6 heterocycles. The van der Waals surface area contributed by atoms with Crippen LogP contribution in [-0.4, -0.2) is 64.4 Å². The molecule has 4 aromatic heterocycles. The van der Waals surface area contributed by atoms with Crippen molar-refractivity contribution >= 4 is 63.4 Å². The zero-order chi connectivity index (χ0) is 34.8. The van der Waals surface area contributed by atoms with Crippen molar-refractivity contribution in [2.24, 2.45) is 14.1 Å². The van der Waals surface area contributed by atoms with Crippen molar-refractivity contribution in [3.05, 3.63) is 96.1 Å². The van der Waals surface area contributed by atoms with E-state index in [1.165, 1.54) is 39.6 Å². The van der Waals surface area contributed by atoms with Crippen LogP contribution in [0.25, 0.3) is 21.6 Å². The van der Waals surface area contributed by atoms with E-state index in [-0.39, 0.29) is 28.8 Å². The molecule has 2 unspecified atom stereocenters. The molecule has 5 aromatic rings. The van der Waals surface area contributed by atoms with Gasteiger partial charge in [0.2, 0.25) is 0 Å². The number of amides is 2. The van der Waals surface area contributed by atoms with Crippen molar-refractivity contribution in [2.75, 3.05) is 6.54 Å². The van der Waals surface area contributed by atoms with Crippen LogP contribution in [0.15, 0.2) is 55.8 Å². The Bertz CT molecular complexity index is 2230. The number of aryl methyl sites for hydroxylation is 2. The summed E-state index contributed by atoms with van der Waals surface area (Å²) in [5.74, 6) is -2.89. The molecule has 250 valence electrons. The van der Waals surface area contributed by atoms with Crippen LogP contribution in [0.1, 0.15) is 43.1 Å². The van der Waals surface area contributed by atoms with E-state index in [4.69, 9.17) is 30.9 Å². The number of hydrogen-bond donors (Lipinski definition) is 1. The molecule has 2 aliphatic heterocycles. The average molecular weight is 722 g/mol. The van der Waals surface area contributed by atoms with Crippen LogP contribution in [0.4, 0.5) is 13.2 Å². The van der Waals surface area contributed by atoms with E-state index in [2.05, 4.69) is 0 Å². The largest absolute Gasteiger partial charge is 0.490 e. The van der Waals surface area contributed by atoms with Gasteiger partial charge in [-0.05, 0) is 42.8 Å². The topological polar surface area (TPSA) is 150 Å². The zero-order valence-corrected chi connectivity index (χ0v) is 27.5. The second-order valence-corrected chi connectivity index (χ2v) is 13.6. The number of carboxylic acid groups (broad SMARTS) is 1. The Balaban J connectivity index is 0.000000519. The summed E-state index contributed by atoms with van der Waals surface area (Å²) in [7, 11) is 3.10. The first kappa shape index (κ1) is 33.3. The third kappa shape index (κ3) is 5.54. The van der Waals surface area contributed by atoms with Crippen LogP contribution in [0.2, 0.25) is 5.22 Å². The number of thiazole rings is 1. The summed E-state index contributed by atoms with van der Waals surface area (Å²) in [6.45, 7) is 2.38. The molecule has 1 N–H and O–H groups in total. The standard InChI is InChI=1S/C28H22ClN5O5S2.C2HF3O2/c1-13-12-40-24(30-13)21-19-20(31(2)28(38)32(3)27(19)37)22-23(17-8-9-18(29)39-17)41-14(10-33(21)22)11-34-25(35)15-6-4-5-7-16(15)26(34)36;3-2(4,5)1(6)7/h4-9,12,14,23H,10-11H2,1-3H3;(H,6,7). The molecule has 48 heavy (non-hydrogen) atoms. The van der Waals surface area contributed by atoms with Gasteiger partial charge < -0.3 is 14.1 Å². The molecule has 0 fully saturated rings. The van der Waals surface area contributed by atoms with E-state index in [1.54, 1.807) is 43.4 Å². The molecular weight excluding hydrogens is 699 g/mol. The molecule has 2 amide bonds. The molecule has 0 aliphatic carbocycles. The number of furan rings is 1. The molecule has 1 aromatic carbocycles. The number of halogens is 4. The Labute approximate surface area is 281 Å². The first-order valence-electron chi connectivity index (χ1n) is 14.0. The molecule has 0 saturated carbocycles. The number of aromatic nitrogens is 4. The molecule has 2 aliphatic rings. The SMILES string of the molecule is Cc1csc(-c2c3c(=O)n(C)c(=O)n(C)c3c3n2CC(CN2C(=O)c4ccccc4C2=O)SC3c2ccc(Cl)o2)n1.O=C(O)C(F)(F)F. The minimum Gasteiger partial charge on any atom is -0.475 e. The summed E-state index contributed by atoms with van der Waals surface area (Å²) < 4.78 is 42.2. The maximum atomic E-state index is 13.7. The third-order valence-electron chi connectivity index (χ3n) is 7.85. The predicted octanol–water partition coefficient (Wildman–Crippen LogP) is 4.85. The van der Waals surface area contributed by atoms with E-state index >= 15 is 0 Å². The van der Waals surface area contributed by atoms with Crippen molar-refractivity contribution in [2.45, 2.75) is 30.1 Å². The van der Waals surface area contributed by atoms with Gasteiger partial charge >= 0.3 is 17.8 Å². The Hall–Kier alpha value is -4.61. The molecule has 0 saturated heterocycles. The minimum absolute atomic E-state index is 0.142. The number of carbonyl (C=O) groups is 3. The highest BCUT2D eigenvalue weighted by molar-refractivity contribution is 8.00. The molecule has 2 atom stereocenters. The van der Waals surface area contributed by atoms with Gasteiger partial charge in [-0.1, -0.05) is 12.1 Å². The maximum absolute atomic E-state index is 13.7. The molecule has 0 spiro atoms. The Morgan fingerprint density at radius 1 is 1.06 bits per heavy atom. The normalized spacial score (nSPS) is 17.4. The van der Waals surface area contributed by atoms with Crippen LogP contribution in [0.5, 0.6) is 0 Å². The lowest BCUT2D eigenvalue weighted by Gasteiger charge is -2.33. The van der Waals surface area contributed by atoms with Gasteiger partial charge in [0.05, 0.1) is 33.4 Å². The molecular formula is C30H23ClF3N5O7S2. The van der Waals surface area contributed by atoms with Crippen molar-refractivity contribution in [3.8, 4) is 10.7 Å². The minimum atomic E-state index is -5.08. The number of alkyl halides is 3. The summed E-state index contributed by atoms with van der Waals surface area (Å²) in [4.78, 5) is 68.2. The van der Waals surface area contributed by atoms with Gasteiger partial charge in [-0.2, -0.15) is 13.2 Å². The van der Waals surface area contributed by atoms with E-state index in [0.29, 0.717) is 50.7 Å². The van der Waals surface area contributed by atoms with E-state index < -0.39 is 28.6 Å². The van der Waals surface area contributed by atoms with Gasteiger partial charge in [-0.25, -0.2) is 14.6 Å². The van der Waals surface area contributed by atoms with Crippen molar-refractivity contribution in [1.29, 1.82) is 0 Å². The molecule has 7 rings (SSSR count). The summed E-state index contributed by atoms with van der Waals surface area (Å²) in [6, 6.07) is 10.2. The lowest BCUT2D eigenvalue weighted by atomic mass is 10.1. The molecule has 12 nitrogen and oxygen atoms in total. The van der Waals surface area contributed by atoms with Crippen LogP contribution in [-0.2, 0) is 25.4 Å². The van der Waals surface area contributed by atoms with Gasteiger partial charge in [0.25, 0.3) is 17.4 Å². The van der Waals surface area contributed by atoms with E-state index in [1.807, 2.05) is 16.9 Å². The Morgan fingerprint density at radius 2 is 1.69 bits per heavy atom. The summed E-state index contributed by atoms with van der Waals surface area (Å²) in [6.07, 6.45) is -5.08. The summed E-state index contributed by atoms with van der Waals surface area (Å²) in [5, 5.41) is 9.48. The van der Waals surface area contributed by atoms with Crippen LogP contribution in [0, 0.1) is 6.92 Å². The highest BCUT2D eigenvalue weighted by atomic mass is 35.5. The van der Waals surface area contributed by atoms with Gasteiger partial charge in [-0.3, -0.25) is 28.4 Å².